The van der Waals surface area contributed by atoms with Crippen LogP contribution in [0, 0.1) is 33.9 Å². The fraction of sp³-hybridized carbons (Fsp3) is 0.333. The van der Waals surface area contributed by atoms with E-state index < -0.39 is 11.4 Å². The SMILES string of the molecule is N#Cc1ccc(-c2cncc(Oc3ccc(N4CCC5(CC4)CN(C(=O)C4(O)CC4)C5)c(C#N)c3)c2)cc1F. The second-order valence-electron chi connectivity index (χ2n) is 10.8. The fourth-order valence-corrected chi connectivity index (χ4v) is 5.57. The maximum Gasteiger partial charge on any atom is 0.254 e. The average molecular weight is 524 g/mol. The van der Waals surface area contributed by atoms with Gasteiger partial charge in [-0.3, -0.25) is 9.78 Å². The van der Waals surface area contributed by atoms with Crippen LogP contribution in [0.15, 0.2) is 54.9 Å². The van der Waals surface area contributed by atoms with E-state index in [1.165, 1.54) is 12.1 Å². The summed E-state index contributed by atoms with van der Waals surface area (Å²) in [7, 11) is 0. The molecule has 3 fully saturated rings. The number of benzene rings is 2. The van der Waals surface area contributed by atoms with Gasteiger partial charge in [-0.1, -0.05) is 6.07 Å². The maximum absolute atomic E-state index is 14.1. The van der Waals surface area contributed by atoms with E-state index in [-0.39, 0.29) is 16.9 Å². The standard InChI is InChI=1S/C30H26FN5O3/c31-26-13-20(1-2-21(26)14-32)23-12-25(17-34-16-23)39-24-3-4-27(22(11-24)15-33)35-9-7-29(8-10-35)18-36(19-29)28(37)30(38)5-6-30/h1-4,11-13,16-17,38H,5-10,18-19H2. The van der Waals surface area contributed by atoms with Gasteiger partial charge in [0.25, 0.3) is 5.91 Å². The highest BCUT2D eigenvalue weighted by Gasteiger charge is 2.55. The molecule has 39 heavy (non-hydrogen) atoms. The summed E-state index contributed by atoms with van der Waals surface area (Å²) in [5.41, 5.74) is 1.53. The molecule has 0 unspecified atom stereocenters. The Bertz CT molecular complexity index is 1540. The van der Waals surface area contributed by atoms with Crippen LogP contribution in [0.2, 0.25) is 0 Å². The van der Waals surface area contributed by atoms with Crippen molar-refractivity contribution >= 4 is 11.6 Å². The Morgan fingerprint density at radius 1 is 0.923 bits per heavy atom. The van der Waals surface area contributed by atoms with Crippen molar-refractivity contribution in [2.24, 2.45) is 5.41 Å². The molecule has 1 saturated carbocycles. The second kappa shape index (κ2) is 9.37. The van der Waals surface area contributed by atoms with Crippen molar-refractivity contribution in [3.63, 3.8) is 0 Å². The Labute approximate surface area is 225 Å². The molecule has 2 aromatic carbocycles. The quantitative estimate of drug-likeness (QED) is 0.528. The van der Waals surface area contributed by atoms with Crippen LogP contribution >= 0.6 is 0 Å². The van der Waals surface area contributed by atoms with Crippen LogP contribution < -0.4 is 9.64 Å². The van der Waals surface area contributed by atoms with Crippen LogP contribution in [0.1, 0.15) is 36.8 Å². The van der Waals surface area contributed by atoms with Gasteiger partial charge >= 0.3 is 0 Å². The largest absolute Gasteiger partial charge is 0.456 e. The topological polar surface area (TPSA) is 113 Å². The van der Waals surface area contributed by atoms with Gasteiger partial charge in [-0.05, 0) is 61.6 Å². The summed E-state index contributed by atoms with van der Waals surface area (Å²) in [6.07, 6.45) is 6.12. The summed E-state index contributed by atoms with van der Waals surface area (Å²) < 4.78 is 20.1. The summed E-state index contributed by atoms with van der Waals surface area (Å²) in [6, 6.07) is 15.6. The number of halogens is 1. The molecule has 1 aromatic heterocycles. The van der Waals surface area contributed by atoms with Crippen LogP contribution in [0.4, 0.5) is 10.1 Å². The number of amides is 1. The first-order valence-corrected chi connectivity index (χ1v) is 13.0. The van der Waals surface area contributed by atoms with Gasteiger partial charge in [0, 0.05) is 49.4 Å². The van der Waals surface area contributed by atoms with E-state index in [9.17, 15) is 19.6 Å². The molecule has 1 N–H and O–H groups in total. The zero-order chi connectivity index (χ0) is 27.2. The minimum absolute atomic E-state index is 0.0231. The number of likely N-dealkylation sites (tertiary alicyclic amines) is 1. The molecule has 6 rings (SSSR count). The number of carbonyl (C=O) groups is 1. The van der Waals surface area contributed by atoms with Crippen molar-refractivity contribution in [2.75, 3.05) is 31.1 Å². The van der Waals surface area contributed by atoms with Crippen LogP contribution in [-0.4, -0.2) is 52.7 Å². The van der Waals surface area contributed by atoms with Gasteiger partial charge in [0.05, 0.1) is 23.0 Å². The number of hydrogen-bond acceptors (Lipinski definition) is 7. The Balaban J connectivity index is 1.11. The maximum atomic E-state index is 14.1. The molecule has 0 radical (unpaired) electrons. The van der Waals surface area contributed by atoms with E-state index in [0.29, 0.717) is 54.1 Å². The summed E-state index contributed by atoms with van der Waals surface area (Å²) in [5.74, 6) is 0.204. The van der Waals surface area contributed by atoms with Crippen molar-refractivity contribution in [3.8, 4) is 34.8 Å². The first-order chi connectivity index (χ1) is 18.8. The number of anilines is 1. The third kappa shape index (κ3) is 4.67. The molecule has 3 aromatic rings. The van der Waals surface area contributed by atoms with Gasteiger partial charge in [0.1, 0.15) is 35.1 Å². The first kappa shape index (κ1) is 24.8. The molecular formula is C30H26FN5O3. The van der Waals surface area contributed by atoms with Crippen LogP contribution in [0.25, 0.3) is 11.1 Å². The third-order valence-corrected chi connectivity index (χ3v) is 8.09. The normalized spacial score (nSPS) is 18.6. The van der Waals surface area contributed by atoms with Gasteiger partial charge in [-0.25, -0.2) is 4.39 Å². The molecular weight excluding hydrogens is 497 g/mol. The lowest BCUT2D eigenvalue weighted by atomic mass is 9.71. The van der Waals surface area contributed by atoms with Crippen LogP contribution in [0.5, 0.6) is 11.5 Å². The predicted octanol–water partition coefficient (Wildman–Crippen LogP) is 4.38. The molecule has 1 aliphatic carbocycles. The van der Waals surface area contributed by atoms with E-state index >= 15 is 0 Å². The molecule has 8 nitrogen and oxygen atoms in total. The van der Waals surface area contributed by atoms with E-state index in [1.54, 1.807) is 35.5 Å². The second-order valence-corrected chi connectivity index (χ2v) is 10.8. The number of nitriles is 2. The van der Waals surface area contributed by atoms with Crippen molar-refractivity contribution in [1.29, 1.82) is 10.5 Å². The molecule has 2 aliphatic heterocycles. The predicted molar refractivity (Wildman–Crippen MR) is 140 cm³/mol. The lowest BCUT2D eigenvalue weighted by Gasteiger charge is -2.54. The first-order valence-electron chi connectivity index (χ1n) is 13.0. The smallest absolute Gasteiger partial charge is 0.254 e. The van der Waals surface area contributed by atoms with Crippen LogP contribution in [-0.2, 0) is 4.79 Å². The Kier molecular flexibility index (Phi) is 5.97. The Morgan fingerprint density at radius 3 is 2.33 bits per heavy atom. The molecule has 3 aliphatic rings. The average Bonchev–Trinajstić information content (AvgIpc) is 3.70. The highest BCUT2D eigenvalue weighted by Crippen LogP contribution is 2.46. The third-order valence-electron chi connectivity index (χ3n) is 8.09. The van der Waals surface area contributed by atoms with E-state index in [4.69, 9.17) is 10.00 Å². The zero-order valence-electron chi connectivity index (χ0n) is 21.2. The highest BCUT2D eigenvalue weighted by molar-refractivity contribution is 5.88. The molecule has 9 heteroatoms. The van der Waals surface area contributed by atoms with Gasteiger partial charge in [0.15, 0.2) is 0 Å². The summed E-state index contributed by atoms with van der Waals surface area (Å²) >= 11 is 0. The van der Waals surface area contributed by atoms with Gasteiger partial charge in [0.2, 0.25) is 0 Å². The summed E-state index contributed by atoms with van der Waals surface area (Å²) in [5, 5.41) is 28.9. The van der Waals surface area contributed by atoms with Gasteiger partial charge < -0.3 is 19.6 Å². The highest BCUT2D eigenvalue weighted by atomic mass is 19.1. The van der Waals surface area contributed by atoms with Crippen molar-refractivity contribution < 1.29 is 19.0 Å². The lowest BCUT2D eigenvalue weighted by molar-refractivity contribution is -0.156. The van der Waals surface area contributed by atoms with E-state index in [0.717, 1.165) is 31.6 Å². The number of aromatic nitrogens is 1. The number of aliphatic hydroxyl groups is 1. The zero-order valence-corrected chi connectivity index (χ0v) is 21.2. The molecule has 2 saturated heterocycles. The van der Waals surface area contributed by atoms with Crippen molar-refractivity contribution in [2.45, 2.75) is 31.3 Å². The molecule has 3 heterocycles. The van der Waals surface area contributed by atoms with E-state index in [2.05, 4.69) is 16.0 Å². The van der Waals surface area contributed by atoms with Crippen molar-refractivity contribution in [1.82, 2.24) is 9.88 Å². The molecule has 1 spiro atoms. The number of pyridine rings is 1. The monoisotopic (exact) mass is 523 g/mol. The van der Waals surface area contributed by atoms with E-state index in [1.807, 2.05) is 18.2 Å². The fourth-order valence-electron chi connectivity index (χ4n) is 5.57. The van der Waals surface area contributed by atoms with Crippen molar-refractivity contribution in [3.05, 3.63) is 71.8 Å². The minimum atomic E-state index is -1.10. The summed E-state index contributed by atoms with van der Waals surface area (Å²) in [4.78, 5) is 20.6. The number of ether oxygens (including phenoxy) is 1. The number of piperidine rings is 1. The van der Waals surface area contributed by atoms with Gasteiger partial charge in [-0.15, -0.1) is 0 Å². The molecule has 0 bridgehead atoms. The molecule has 1 amide bonds. The number of carbonyl (C=O) groups excluding carboxylic acids is 1. The summed E-state index contributed by atoms with van der Waals surface area (Å²) in [6.45, 7) is 2.97. The molecule has 0 atom stereocenters. The minimum Gasteiger partial charge on any atom is -0.456 e. The van der Waals surface area contributed by atoms with Gasteiger partial charge in [-0.2, -0.15) is 10.5 Å². The number of nitrogens with zero attached hydrogens (tertiary/aromatic N) is 5. The number of hydrogen-bond donors (Lipinski definition) is 1. The lowest BCUT2D eigenvalue weighted by Crippen LogP contribution is -2.63. The molecule has 196 valence electrons. The van der Waals surface area contributed by atoms with Crippen LogP contribution in [0.3, 0.4) is 0 Å². The Hall–Kier alpha value is -4.47. The Morgan fingerprint density at radius 2 is 1.67 bits per heavy atom. The number of rotatable bonds is 5.